The molecule has 33 heavy (non-hydrogen) atoms. The third kappa shape index (κ3) is 5.62. The molecule has 0 aromatic heterocycles. The lowest BCUT2D eigenvalue weighted by Gasteiger charge is -2.45. The van der Waals surface area contributed by atoms with Gasteiger partial charge in [0, 0.05) is 36.7 Å². The Hall–Kier alpha value is -2.72. The first kappa shape index (κ1) is 23.4. The van der Waals surface area contributed by atoms with Crippen LogP contribution in [-0.2, 0) is 0 Å². The molecule has 2 aromatic carbocycles. The summed E-state index contributed by atoms with van der Waals surface area (Å²) in [6, 6.07) is 15.5. The largest absolute Gasteiger partial charge is 0.398 e. The fourth-order valence-electron chi connectivity index (χ4n) is 5.36. The van der Waals surface area contributed by atoms with Crippen LogP contribution in [0, 0.1) is 19.8 Å². The first-order valence-electron chi connectivity index (χ1n) is 12.4. The maximum absolute atomic E-state index is 6.16. The van der Waals surface area contributed by atoms with Crippen molar-refractivity contribution in [3.63, 3.8) is 0 Å². The monoisotopic (exact) mass is 444 g/mol. The minimum atomic E-state index is 0.324. The number of nitrogen functional groups attached to an aromatic ring is 1. The summed E-state index contributed by atoms with van der Waals surface area (Å²) in [4.78, 5) is 5.12. The molecule has 3 N–H and O–H groups in total. The van der Waals surface area contributed by atoms with Crippen LogP contribution in [0.4, 0.5) is 11.4 Å². The molecule has 2 aliphatic rings. The van der Waals surface area contributed by atoms with Crippen LogP contribution in [-0.4, -0.2) is 36.1 Å². The van der Waals surface area contributed by atoms with Crippen LogP contribution in [0.1, 0.15) is 54.8 Å². The summed E-state index contributed by atoms with van der Waals surface area (Å²) >= 11 is 0. The molecule has 1 saturated carbocycles. The molecule has 0 radical (unpaired) electrons. The van der Waals surface area contributed by atoms with E-state index in [1.165, 1.54) is 48.1 Å². The number of allylic oxidation sites excluding steroid dienone is 2. The molecule has 0 amide bonds. The fourth-order valence-corrected chi connectivity index (χ4v) is 5.36. The Bertz CT molecular complexity index is 981. The van der Waals surface area contributed by atoms with Gasteiger partial charge in [-0.05, 0) is 74.6 Å². The molecule has 1 aliphatic heterocycles. The highest BCUT2D eigenvalue weighted by atomic mass is 15.3. The number of hydrogen-bond donors (Lipinski definition) is 2. The van der Waals surface area contributed by atoms with Crippen molar-refractivity contribution in [1.82, 2.24) is 9.80 Å². The second-order valence-electron chi connectivity index (χ2n) is 9.92. The summed E-state index contributed by atoms with van der Waals surface area (Å²) in [5.74, 6) is 0.568. The van der Waals surface area contributed by atoms with Crippen molar-refractivity contribution in [3.8, 4) is 0 Å². The fraction of sp³-hybridized carbons (Fsp3) is 0.448. The van der Waals surface area contributed by atoms with E-state index < -0.39 is 0 Å². The molecular weight excluding hydrogens is 404 g/mol. The van der Waals surface area contributed by atoms with E-state index in [0.29, 0.717) is 12.0 Å². The van der Waals surface area contributed by atoms with Crippen molar-refractivity contribution in [3.05, 3.63) is 83.6 Å². The van der Waals surface area contributed by atoms with Gasteiger partial charge in [-0.1, -0.05) is 55.1 Å². The van der Waals surface area contributed by atoms with Gasteiger partial charge in [0.05, 0.1) is 12.7 Å². The zero-order chi connectivity index (χ0) is 23.4. The highest BCUT2D eigenvalue weighted by Gasteiger charge is 2.32. The minimum Gasteiger partial charge on any atom is -0.398 e. The van der Waals surface area contributed by atoms with E-state index in [0.717, 1.165) is 49.7 Å². The van der Waals surface area contributed by atoms with Crippen LogP contribution in [0.15, 0.2) is 66.9 Å². The summed E-state index contributed by atoms with van der Waals surface area (Å²) in [5.41, 5.74) is 14.6. The number of nitrogens with two attached hydrogens (primary N) is 1. The lowest BCUT2D eigenvalue weighted by molar-refractivity contribution is 0.0956. The Morgan fingerprint density at radius 2 is 1.85 bits per heavy atom. The molecule has 0 spiro atoms. The number of rotatable bonds is 6. The van der Waals surface area contributed by atoms with Crippen molar-refractivity contribution >= 4 is 11.4 Å². The van der Waals surface area contributed by atoms with Gasteiger partial charge >= 0.3 is 0 Å². The summed E-state index contributed by atoms with van der Waals surface area (Å²) in [5, 5.41) is 3.64. The normalized spacial score (nSPS) is 22.1. The molecule has 1 heterocycles. The third-order valence-corrected chi connectivity index (χ3v) is 7.52. The Labute approximate surface area is 200 Å². The molecule has 2 unspecified atom stereocenters. The molecule has 2 fully saturated rings. The van der Waals surface area contributed by atoms with Crippen LogP contribution >= 0.6 is 0 Å². The minimum absolute atomic E-state index is 0.324. The Balaban J connectivity index is 1.47. The van der Waals surface area contributed by atoms with Crippen LogP contribution in [0.5, 0.6) is 0 Å². The predicted molar refractivity (Wildman–Crippen MR) is 141 cm³/mol. The number of hydrogen-bond acceptors (Lipinski definition) is 4. The molecule has 0 bridgehead atoms. The second kappa shape index (κ2) is 10.5. The molecule has 1 saturated heterocycles. The molecule has 1 aliphatic carbocycles. The van der Waals surface area contributed by atoms with Crippen LogP contribution in [0.25, 0.3) is 0 Å². The number of nitrogens with one attached hydrogen (secondary N) is 1. The predicted octanol–water partition coefficient (Wildman–Crippen LogP) is 6.26. The van der Waals surface area contributed by atoms with E-state index in [2.05, 4.69) is 84.6 Å². The van der Waals surface area contributed by atoms with Crippen molar-refractivity contribution < 1.29 is 0 Å². The standard InChI is InChI=1S/C29H40N4/c1-21-9-8-12-25(14-13-21)24(4)33-16-15-32(19-29(33)26-10-6-5-7-11-26)20-31-28-18-27(30)22(2)17-23(28)3/h5-7,10-11,17-18,25,29,31H,1,4,8-9,12-16,19-20,30H2,2-3H3. The van der Waals surface area contributed by atoms with Gasteiger partial charge in [-0.3, -0.25) is 4.90 Å². The molecule has 2 atom stereocenters. The van der Waals surface area contributed by atoms with E-state index in [4.69, 9.17) is 5.73 Å². The summed E-state index contributed by atoms with van der Waals surface area (Å²) in [6.07, 6.45) is 5.97. The zero-order valence-corrected chi connectivity index (χ0v) is 20.4. The average molecular weight is 445 g/mol. The maximum Gasteiger partial charge on any atom is 0.0679 e. The molecule has 4 heteroatoms. The molecule has 176 valence electrons. The Morgan fingerprint density at radius 1 is 1.06 bits per heavy atom. The van der Waals surface area contributed by atoms with Crippen molar-refractivity contribution in [2.24, 2.45) is 5.92 Å². The van der Waals surface area contributed by atoms with Gasteiger partial charge in [-0.25, -0.2) is 0 Å². The third-order valence-electron chi connectivity index (χ3n) is 7.52. The Morgan fingerprint density at radius 3 is 2.64 bits per heavy atom. The van der Waals surface area contributed by atoms with Crippen molar-refractivity contribution in [2.45, 2.75) is 52.0 Å². The molecule has 2 aromatic rings. The summed E-state index contributed by atoms with van der Waals surface area (Å²) < 4.78 is 0. The molecule has 4 nitrogen and oxygen atoms in total. The second-order valence-corrected chi connectivity index (χ2v) is 9.92. The van der Waals surface area contributed by atoms with E-state index in [1.807, 2.05) is 0 Å². The zero-order valence-electron chi connectivity index (χ0n) is 20.4. The smallest absolute Gasteiger partial charge is 0.0679 e. The van der Waals surface area contributed by atoms with Gasteiger partial charge in [-0.2, -0.15) is 0 Å². The van der Waals surface area contributed by atoms with Gasteiger partial charge in [0.2, 0.25) is 0 Å². The SMILES string of the molecule is C=C1CCCC(C(=C)N2CCN(CNc3cc(N)c(C)cc3C)CC2c2ccccc2)CC1. The molecule has 4 rings (SSSR count). The van der Waals surface area contributed by atoms with E-state index in [1.54, 1.807) is 0 Å². The van der Waals surface area contributed by atoms with Gasteiger partial charge in [-0.15, -0.1) is 0 Å². The van der Waals surface area contributed by atoms with E-state index >= 15 is 0 Å². The number of nitrogens with zero attached hydrogens (tertiary/aromatic N) is 2. The van der Waals surface area contributed by atoms with Gasteiger partial charge in [0.25, 0.3) is 0 Å². The van der Waals surface area contributed by atoms with Crippen LogP contribution in [0.2, 0.25) is 0 Å². The topological polar surface area (TPSA) is 44.5 Å². The number of benzene rings is 2. The summed E-state index contributed by atoms with van der Waals surface area (Å²) in [7, 11) is 0. The van der Waals surface area contributed by atoms with Crippen LogP contribution < -0.4 is 11.1 Å². The van der Waals surface area contributed by atoms with Crippen LogP contribution in [0.3, 0.4) is 0 Å². The lowest BCUT2D eigenvalue weighted by Crippen LogP contribution is -2.49. The van der Waals surface area contributed by atoms with Gasteiger partial charge in [0.15, 0.2) is 0 Å². The summed E-state index contributed by atoms with van der Waals surface area (Å²) in [6.45, 7) is 16.9. The van der Waals surface area contributed by atoms with Gasteiger partial charge < -0.3 is 16.0 Å². The van der Waals surface area contributed by atoms with E-state index in [-0.39, 0.29) is 0 Å². The van der Waals surface area contributed by atoms with E-state index in [9.17, 15) is 0 Å². The highest BCUT2D eigenvalue weighted by molar-refractivity contribution is 5.62. The van der Waals surface area contributed by atoms with Gasteiger partial charge in [0.1, 0.15) is 0 Å². The first-order chi connectivity index (χ1) is 15.9. The van der Waals surface area contributed by atoms with Crippen molar-refractivity contribution in [1.29, 1.82) is 0 Å². The molecular formula is C29H40N4. The van der Waals surface area contributed by atoms with Crippen molar-refractivity contribution in [2.75, 3.05) is 37.4 Å². The highest BCUT2D eigenvalue weighted by Crippen LogP contribution is 2.37. The number of aryl methyl sites for hydroxylation is 2. The number of piperazine rings is 1. The lowest BCUT2D eigenvalue weighted by atomic mass is 9.93. The first-order valence-corrected chi connectivity index (χ1v) is 12.4. The maximum atomic E-state index is 6.16. The average Bonchev–Trinajstić information content (AvgIpc) is 3.05. The quantitative estimate of drug-likeness (QED) is 0.313. The number of anilines is 2. The Kier molecular flexibility index (Phi) is 7.44.